The number of fused-ring (bicyclic) bond motifs is 5. The van der Waals surface area contributed by atoms with Crippen LogP contribution in [-0.4, -0.2) is 66.7 Å². The Bertz CT molecular complexity index is 1520. The maximum absolute atomic E-state index is 14.0. The Morgan fingerprint density at radius 3 is 2.71 bits per heavy atom. The Kier molecular flexibility index (Phi) is 6.16. The number of methoxy groups -OCH3 is 1. The number of nitrogens with zero attached hydrogens (tertiary/aromatic N) is 4. The van der Waals surface area contributed by atoms with Crippen LogP contribution in [0.1, 0.15) is 42.5 Å². The highest BCUT2D eigenvalue weighted by Gasteiger charge is 2.50. The van der Waals surface area contributed by atoms with Crippen molar-refractivity contribution in [1.82, 2.24) is 14.6 Å². The van der Waals surface area contributed by atoms with E-state index in [9.17, 15) is 9.59 Å². The van der Waals surface area contributed by atoms with Crippen LogP contribution in [-0.2, 0) is 37.8 Å². The number of aromatic nitrogens is 2. The minimum absolute atomic E-state index is 0.0894. The standard InChI is InChI=1S/C28H31N5O5/c1-4-28(36-3)22-20(16-38-27(28)35)26(34)33-15-19-18(14-30-32-10-12-37-13-11-32)17-8-6-7-9-21(17)31-23(19)25(33)24(22)29-5-2/h6-9,14,29H,4-5,10-13,15-16H2,1-3H3/b30-14+/t28-/m0/s1. The van der Waals surface area contributed by atoms with Crippen LogP contribution in [0.4, 0.5) is 5.69 Å². The predicted octanol–water partition coefficient (Wildman–Crippen LogP) is 2.83. The molecule has 3 aromatic rings. The highest BCUT2D eigenvalue weighted by molar-refractivity contribution is 6.03. The number of nitrogens with one attached hydrogen (secondary N) is 1. The SMILES string of the molecule is CCNc1c2c(c(=O)n3c1-c1nc4ccccc4c(/C=N/N4CCOCC4)c1C3)COC(=O)[C@@]2(CC)OC. The molecular formula is C28H31N5O5. The molecule has 0 radical (unpaired) electrons. The number of hydrazone groups is 1. The van der Waals surface area contributed by atoms with Gasteiger partial charge in [0.25, 0.3) is 5.56 Å². The van der Waals surface area contributed by atoms with Gasteiger partial charge in [0.1, 0.15) is 6.61 Å². The number of morpholine rings is 1. The van der Waals surface area contributed by atoms with E-state index in [0.29, 0.717) is 60.9 Å². The van der Waals surface area contributed by atoms with Crippen LogP contribution in [0.3, 0.4) is 0 Å². The molecule has 1 atom stereocenters. The van der Waals surface area contributed by atoms with Crippen molar-refractivity contribution in [1.29, 1.82) is 0 Å². The van der Waals surface area contributed by atoms with E-state index in [1.807, 2.05) is 49.3 Å². The van der Waals surface area contributed by atoms with Crippen molar-refractivity contribution >= 4 is 28.8 Å². The van der Waals surface area contributed by atoms with E-state index in [-0.39, 0.29) is 12.2 Å². The molecule has 1 aromatic carbocycles. The number of hydrogen-bond acceptors (Lipinski definition) is 9. The van der Waals surface area contributed by atoms with Crippen LogP contribution >= 0.6 is 0 Å². The van der Waals surface area contributed by atoms with Gasteiger partial charge in [0, 0.05) is 35.7 Å². The molecule has 0 amide bonds. The zero-order chi connectivity index (χ0) is 26.4. The molecule has 0 aliphatic carbocycles. The van der Waals surface area contributed by atoms with Crippen LogP contribution in [0.2, 0.25) is 0 Å². The van der Waals surface area contributed by atoms with Gasteiger partial charge in [0.2, 0.25) is 0 Å². The number of pyridine rings is 2. The number of rotatable bonds is 6. The van der Waals surface area contributed by atoms with Crippen LogP contribution < -0.4 is 10.9 Å². The van der Waals surface area contributed by atoms with Gasteiger partial charge < -0.3 is 19.5 Å². The third-order valence-electron chi connectivity index (χ3n) is 7.76. The summed E-state index contributed by atoms with van der Waals surface area (Å²) >= 11 is 0. The molecular weight excluding hydrogens is 486 g/mol. The maximum atomic E-state index is 14.0. The molecule has 0 bridgehead atoms. The summed E-state index contributed by atoms with van der Waals surface area (Å²) in [5.74, 6) is -0.485. The molecule has 10 nitrogen and oxygen atoms in total. The third kappa shape index (κ3) is 3.54. The molecule has 0 spiro atoms. The van der Waals surface area contributed by atoms with Gasteiger partial charge in [-0.2, -0.15) is 5.10 Å². The summed E-state index contributed by atoms with van der Waals surface area (Å²) in [6, 6.07) is 7.94. The quantitative estimate of drug-likeness (QED) is 0.307. The first-order valence-electron chi connectivity index (χ1n) is 13.1. The van der Waals surface area contributed by atoms with Gasteiger partial charge in [0.05, 0.1) is 67.2 Å². The van der Waals surface area contributed by atoms with Gasteiger partial charge in [-0.15, -0.1) is 0 Å². The normalized spacial score (nSPS) is 20.4. The third-order valence-corrected chi connectivity index (χ3v) is 7.76. The Balaban J connectivity index is 1.64. The first-order valence-corrected chi connectivity index (χ1v) is 13.1. The Morgan fingerprint density at radius 2 is 1.97 bits per heavy atom. The van der Waals surface area contributed by atoms with Crippen molar-refractivity contribution in [3.8, 4) is 11.4 Å². The molecule has 5 heterocycles. The maximum Gasteiger partial charge on any atom is 0.343 e. The van der Waals surface area contributed by atoms with E-state index in [0.717, 1.165) is 35.1 Å². The predicted molar refractivity (Wildman–Crippen MR) is 143 cm³/mol. The van der Waals surface area contributed by atoms with Crippen molar-refractivity contribution in [2.24, 2.45) is 5.10 Å². The lowest BCUT2D eigenvalue weighted by molar-refractivity contribution is -0.176. The van der Waals surface area contributed by atoms with Crippen molar-refractivity contribution in [3.63, 3.8) is 0 Å². The van der Waals surface area contributed by atoms with E-state index in [4.69, 9.17) is 24.3 Å². The Labute approximate surface area is 220 Å². The van der Waals surface area contributed by atoms with Crippen molar-refractivity contribution < 1.29 is 19.0 Å². The van der Waals surface area contributed by atoms with Gasteiger partial charge in [0.15, 0.2) is 5.60 Å². The van der Waals surface area contributed by atoms with Gasteiger partial charge in [-0.25, -0.2) is 9.78 Å². The van der Waals surface area contributed by atoms with Gasteiger partial charge in [-0.05, 0) is 19.4 Å². The first kappa shape index (κ1) is 24.6. The second-order valence-corrected chi connectivity index (χ2v) is 9.64. The number of ether oxygens (including phenoxy) is 3. The second kappa shape index (κ2) is 9.52. The summed E-state index contributed by atoms with van der Waals surface area (Å²) in [5.41, 5.74) is 4.16. The zero-order valence-electron chi connectivity index (χ0n) is 21.9. The van der Waals surface area contributed by atoms with E-state index in [1.165, 1.54) is 7.11 Å². The fourth-order valence-corrected chi connectivity index (χ4v) is 5.86. The molecule has 0 saturated carbocycles. The van der Waals surface area contributed by atoms with E-state index in [1.54, 1.807) is 4.57 Å². The number of benzene rings is 1. The Hall–Kier alpha value is -3.76. The second-order valence-electron chi connectivity index (χ2n) is 9.64. The number of cyclic esters (lactones) is 1. The largest absolute Gasteiger partial charge is 0.458 e. The summed E-state index contributed by atoms with van der Waals surface area (Å²) in [6.45, 7) is 7.43. The highest BCUT2D eigenvalue weighted by atomic mass is 16.6. The lowest BCUT2D eigenvalue weighted by Gasteiger charge is -2.37. The fraction of sp³-hybridized carbons (Fsp3) is 0.429. The average Bonchev–Trinajstić information content (AvgIpc) is 3.33. The summed E-state index contributed by atoms with van der Waals surface area (Å²) in [4.78, 5) is 32.1. The van der Waals surface area contributed by atoms with Crippen LogP contribution in [0, 0.1) is 0 Å². The number of hydrogen-bond donors (Lipinski definition) is 1. The number of carbonyl (C=O) groups is 1. The van der Waals surface area contributed by atoms with Gasteiger partial charge in [-0.1, -0.05) is 25.1 Å². The van der Waals surface area contributed by atoms with Crippen LogP contribution in [0.15, 0.2) is 34.2 Å². The topological polar surface area (TPSA) is 107 Å². The molecule has 10 heteroatoms. The molecule has 3 aliphatic heterocycles. The number of anilines is 1. The van der Waals surface area contributed by atoms with E-state index >= 15 is 0 Å². The molecule has 6 rings (SSSR count). The van der Waals surface area contributed by atoms with Crippen molar-refractivity contribution in [3.05, 3.63) is 56.9 Å². The molecule has 198 valence electrons. The summed E-state index contributed by atoms with van der Waals surface area (Å²) < 4.78 is 18.5. The van der Waals surface area contributed by atoms with E-state index in [2.05, 4.69) is 5.32 Å². The molecule has 1 fully saturated rings. The van der Waals surface area contributed by atoms with Crippen LogP contribution in [0.25, 0.3) is 22.3 Å². The number of carbonyl (C=O) groups excluding carboxylic acids is 1. The molecule has 0 unspecified atom stereocenters. The lowest BCUT2D eigenvalue weighted by Crippen LogP contribution is -2.46. The molecule has 3 aliphatic rings. The number of esters is 1. The van der Waals surface area contributed by atoms with Gasteiger partial charge in [-0.3, -0.25) is 14.4 Å². The average molecular weight is 518 g/mol. The lowest BCUT2D eigenvalue weighted by atomic mass is 9.84. The summed E-state index contributed by atoms with van der Waals surface area (Å²) in [6.07, 6.45) is 2.21. The summed E-state index contributed by atoms with van der Waals surface area (Å²) in [7, 11) is 1.49. The minimum Gasteiger partial charge on any atom is -0.458 e. The van der Waals surface area contributed by atoms with Crippen molar-refractivity contribution in [2.45, 2.75) is 39.0 Å². The minimum atomic E-state index is -1.37. The Morgan fingerprint density at radius 1 is 1.18 bits per heavy atom. The van der Waals surface area contributed by atoms with E-state index < -0.39 is 11.6 Å². The first-order chi connectivity index (χ1) is 18.5. The number of para-hydroxylation sites is 1. The zero-order valence-corrected chi connectivity index (χ0v) is 21.9. The monoisotopic (exact) mass is 517 g/mol. The highest BCUT2D eigenvalue weighted by Crippen LogP contribution is 2.47. The van der Waals surface area contributed by atoms with Crippen molar-refractivity contribution in [2.75, 3.05) is 45.3 Å². The molecule has 1 saturated heterocycles. The summed E-state index contributed by atoms with van der Waals surface area (Å²) in [5, 5.41) is 11.2. The molecule has 38 heavy (non-hydrogen) atoms. The smallest absolute Gasteiger partial charge is 0.343 e. The van der Waals surface area contributed by atoms with Crippen LogP contribution in [0.5, 0.6) is 0 Å². The molecule has 1 N–H and O–H groups in total. The molecule has 2 aromatic heterocycles. The van der Waals surface area contributed by atoms with Gasteiger partial charge >= 0.3 is 5.97 Å². The fourth-order valence-electron chi connectivity index (χ4n) is 5.86.